The van der Waals surface area contributed by atoms with E-state index in [1.54, 1.807) is 12.3 Å². The first-order valence-corrected chi connectivity index (χ1v) is 4.47. The normalized spacial score (nSPS) is 12.4. The van der Waals surface area contributed by atoms with Crippen LogP contribution in [0.3, 0.4) is 0 Å². The number of ether oxygens (including phenoxy) is 1. The second-order valence-corrected chi connectivity index (χ2v) is 2.96. The van der Waals surface area contributed by atoms with Crippen LogP contribution in [0, 0.1) is 0 Å². The Labute approximate surface area is 83.1 Å². The van der Waals surface area contributed by atoms with Crippen LogP contribution in [0.5, 0.6) is 0 Å². The smallest absolute Gasteiger partial charge is 0.195 e. The molecule has 4 heteroatoms. The standard InChI is InChI=1S/C10H14N2O2/c1-3-9(14-2)10(13)7-6-12-5-4-8(7)11/h4-6,9H,3H2,1-2H3,(H2,11,12). The predicted molar refractivity (Wildman–Crippen MR) is 54.1 cm³/mol. The van der Waals surface area contributed by atoms with Crippen molar-refractivity contribution in [2.24, 2.45) is 0 Å². The number of pyridine rings is 1. The van der Waals surface area contributed by atoms with Gasteiger partial charge in [-0.3, -0.25) is 9.78 Å². The highest BCUT2D eigenvalue weighted by atomic mass is 16.5. The number of ketones is 1. The Kier molecular flexibility index (Phi) is 3.59. The molecule has 76 valence electrons. The fourth-order valence-corrected chi connectivity index (χ4v) is 1.24. The molecule has 4 nitrogen and oxygen atoms in total. The minimum Gasteiger partial charge on any atom is -0.398 e. The van der Waals surface area contributed by atoms with Crippen molar-refractivity contribution < 1.29 is 9.53 Å². The number of Topliss-reactive ketones (excluding diaryl/α,β-unsaturated/α-hetero) is 1. The highest BCUT2D eigenvalue weighted by Crippen LogP contribution is 2.14. The van der Waals surface area contributed by atoms with Crippen LogP contribution in [0.2, 0.25) is 0 Å². The van der Waals surface area contributed by atoms with E-state index in [4.69, 9.17) is 10.5 Å². The molecule has 0 fully saturated rings. The lowest BCUT2D eigenvalue weighted by Gasteiger charge is -2.12. The van der Waals surface area contributed by atoms with Crippen molar-refractivity contribution in [3.8, 4) is 0 Å². The molecule has 0 spiro atoms. The largest absolute Gasteiger partial charge is 0.398 e. The minimum atomic E-state index is -0.429. The zero-order valence-corrected chi connectivity index (χ0v) is 8.36. The summed E-state index contributed by atoms with van der Waals surface area (Å²) in [6, 6.07) is 1.61. The van der Waals surface area contributed by atoms with Gasteiger partial charge in [0, 0.05) is 25.2 Å². The van der Waals surface area contributed by atoms with Gasteiger partial charge in [0.15, 0.2) is 5.78 Å². The molecule has 0 aliphatic heterocycles. The van der Waals surface area contributed by atoms with Crippen molar-refractivity contribution in [1.29, 1.82) is 0 Å². The van der Waals surface area contributed by atoms with Crippen molar-refractivity contribution in [1.82, 2.24) is 4.98 Å². The summed E-state index contributed by atoms with van der Waals surface area (Å²) in [5.74, 6) is -0.111. The number of nitrogens with zero attached hydrogens (tertiary/aromatic N) is 1. The summed E-state index contributed by atoms with van der Waals surface area (Å²) in [4.78, 5) is 15.6. The van der Waals surface area contributed by atoms with Gasteiger partial charge < -0.3 is 10.5 Å². The van der Waals surface area contributed by atoms with E-state index in [9.17, 15) is 4.79 Å². The molecule has 1 aromatic heterocycles. The van der Waals surface area contributed by atoms with E-state index < -0.39 is 6.10 Å². The van der Waals surface area contributed by atoms with E-state index in [-0.39, 0.29) is 5.78 Å². The first-order chi connectivity index (χ1) is 6.70. The number of hydrogen-bond donors (Lipinski definition) is 1. The summed E-state index contributed by atoms with van der Waals surface area (Å²) in [7, 11) is 1.51. The molecule has 1 heterocycles. The van der Waals surface area contributed by atoms with Gasteiger partial charge in [0.25, 0.3) is 0 Å². The molecule has 0 aliphatic carbocycles. The van der Waals surface area contributed by atoms with Gasteiger partial charge in [0.2, 0.25) is 0 Å². The Balaban J connectivity index is 2.94. The molecule has 0 saturated carbocycles. The van der Waals surface area contributed by atoms with Crippen LogP contribution in [-0.2, 0) is 4.74 Å². The molecule has 0 saturated heterocycles. The minimum absolute atomic E-state index is 0.111. The molecule has 0 amide bonds. The van der Waals surface area contributed by atoms with Gasteiger partial charge in [-0.05, 0) is 12.5 Å². The number of nitrogens with two attached hydrogens (primary N) is 1. The summed E-state index contributed by atoms with van der Waals surface area (Å²) in [6.45, 7) is 1.89. The molecule has 0 aliphatic rings. The van der Waals surface area contributed by atoms with Crippen LogP contribution < -0.4 is 5.73 Å². The van der Waals surface area contributed by atoms with Crippen LogP contribution >= 0.6 is 0 Å². The maximum atomic E-state index is 11.8. The molecule has 14 heavy (non-hydrogen) atoms. The van der Waals surface area contributed by atoms with Crippen LogP contribution in [0.25, 0.3) is 0 Å². The molecule has 1 unspecified atom stereocenters. The van der Waals surface area contributed by atoms with Crippen LogP contribution in [0.1, 0.15) is 23.7 Å². The lowest BCUT2D eigenvalue weighted by atomic mass is 10.1. The number of hydrogen-bond acceptors (Lipinski definition) is 4. The van der Waals surface area contributed by atoms with Crippen molar-refractivity contribution >= 4 is 11.5 Å². The highest BCUT2D eigenvalue weighted by Gasteiger charge is 2.19. The average molecular weight is 194 g/mol. The average Bonchev–Trinajstić information content (AvgIpc) is 2.20. The van der Waals surface area contributed by atoms with Crippen LogP contribution in [0.4, 0.5) is 5.69 Å². The summed E-state index contributed by atoms with van der Waals surface area (Å²) in [6.07, 6.45) is 3.23. The van der Waals surface area contributed by atoms with Gasteiger partial charge in [0.05, 0.1) is 5.56 Å². The zero-order chi connectivity index (χ0) is 10.6. The predicted octanol–water partition coefficient (Wildman–Crippen LogP) is 1.27. The Morgan fingerprint density at radius 2 is 2.43 bits per heavy atom. The van der Waals surface area contributed by atoms with E-state index in [0.29, 0.717) is 17.7 Å². The maximum absolute atomic E-state index is 11.8. The third kappa shape index (κ3) is 2.09. The summed E-state index contributed by atoms with van der Waals surface area (Å²) in [5, 5.41) is 0. The molecular formula is C10H14N2O2. The highest BCUT2D eigenvalue weighted by molar-refractivity contribution is 6.03. The molecule has 1 atom stereocenters. The van der Waals surface area contributed by atoms with Gasteiger partial charge in [-0.15, -0.1) is 0 Å². The monoisotopic (exact) mass is 194 g/mol. The number of anilines is 1. The van der Waals surface area contributed by atoms with Crippen molar-refractivity contribution in [3.63, 3.8) is 0 Å². The quantitative estimate of drug-likeness (QED) is 0.733. The second kappa shape index (κ2) is 4.72. The Morgan fingerprint density at radius 3 is 2.93 bits per heavy atom. The Bertz CT molecular complexity index is 322. The summed E-state index contributed by atoms with van der Waals surface area (Å²) < 4.78 is 5.04. The number of methoxy groups -OCH3 is 1. The van der Waals surface area contributed by atoms with Crippen molar-refractivity contribution in [3.05, 3.63) is 24.0 Å². The second-order valence-electron chi connectivity index (χ2n) is 2.96. The molecular weight excluding hydrogens is 180 g/mol. The number of aromatic nitrogens is 1. The molecule has 1 aromatic rings. The topological polar surface area (TPSA) is 65.2 Å². The number of nitrogen functional groups attached to an aromatic ring is 1. The van der Waals surface area contributed by atoms with E-state index >= 15 is 0 Å². The number of carbonyl (C=O) groups is 1. The third-order valence-electron chi connectivity index (χ3n) is 2.07. The van der Waals surface area contributed by atoms with Gasteiger partial charge in [-0.1, -0.05) is 6.92 Å². The van der Waals surface area contributed by atoms with E-state index in [1.807, 2.05) is 6.92 Å². The molecule has 0 radical (unpaired) electrons. The first kappa shape index (κ1) is 10.7. The van der Waals surface area contributed by atoms with E-state index in [0.717, 1.165) is 0 Å². The molecule has 0 aromatic carbocycles. The fraction of sp³-hybridized carbons (Fsp3) is 0.400. The third-order valence-corrected chi connectivity index (χ3v) is 2.07. The SMILES string of the molecule is CCC(OC)C(=O)c1cnccc1N. The number of carbonyl (C=O) groups excluding carboxylic acids is 1. The number of rotatable bonds is 4. The van der Waals surface area contributed by atoms with Gasteiger partial charge >= 0.3 is 0 Å². The Morgan fingerprint density at radius 1 is 1.71 bits per heavy atom. The lowest BCUT2D eigenvalue weighted by molar-refractivity contribution is 0.0596. The van der Waals surface area contributed by atoms with Gasteiger partial charge in [-0.2, -0.15) is 0 Å². The van der Waals surface area contributed by atoms with Crippen LogP contribution in [0.15, 0.2) is 18.5 Å². The van der Waals surface area contributed by atoms with Crippen molar-refractivity contribution in [2.75, 3.05) is 12.8 Å². The summed E-state index contributed by atoms with van der Waals surface area (Å²) >= 11 is 0. The molecule has 1 rings (SSSR count). The van der Waals surface area contributed by atoms with Gasteiger partial charge in [-0.25, -0.2) is 0 Å². The molecule has 2 N–H and O–H groups in total. The summed E-state index contributed by atoms with van der Waals surface area (Å²) in [5.41, 5.74) is 6.53. The maximum Gasteiger partial charge on any atom is 0.195 e. The lowest BCUT2D eigenvalue weighted by Crippen LogP contribution is -2.23. The first-order valence-electron chi connectivity index (χ1n) is 4.47. The van der Waals surface area contributed by atoms with E-state index in [1.165, 1.54) is 13.3 Å². The Hall–Kier alpha value is -1.42. The zero-order valence-electron chi connectivity index (χ0n) is 8.36. The fourth-order valence-electron chi connectivity index (χ4n) is 1.24. The van der Waals surface area contributed by atoms with Crippen molar-refractivity contribution in [2.45, 2.75) is 19.4 Å². The van der Waals surface area contributed by atoms with E-state index in [2.05, 4.69) is 4.98 Å². The van der Waals surface area contributed by atoms with Gasteiger partial charge in [0.1, 0.15) is 6.10 Å². The van der Waals surface area contributed by atoms with Crippen LogP contribution in [-0.4, -0.2) is 24.0 Å². The molecule has 0 bridgehead atoms.